The van der Waals surface area contributed by atoms with Crippen LogP contribution in [-0.4, -0.2) is 35.6 Å². The molecule has 2 heteroatoms. The first kappa shape index (κ1) is 15.3. The summed E-state index contributed by atoms with van der Waals surface area (Å²) in [6.45, 7) is 12.0. The average molecular weight is 266 g/mol. The van der Waals surface area contributed by atoms with Crippen LogP contribution in [0.1, 0.15) is 72.6 Å². The molecule has 2 unspecified atom stereocenters. The smallest absolute Gasteiger partial charge is 0.0309 e. The van der Waals surface area contributed by atoms with Gasteiger partial charge in [0.25, 0.3) is 0 Å². The molecule has 2 atom stereocenters. The van der Waals surface area contributed by atoms with Crippen molar-refractivity contribution in [2.24, 2.45) is 5.92 Å². The van der Waals surface area contributed by atoms with Gasteiger partial charge in [-0.3, -0.25) is 4.90 Å². The van der Waals surface area contributed by atoms with Crippen LogP contribution in [0.2, 0.25) is 0 Å². The third-order valence-electron chi connectivity index (χ3n) is 5.36. The van der Waals surface area contributed by atoms with Gasteiger partial charge in [-0.15, -0.1) is 0 Å². The Morgan fingerprint density at radius 3 is 2.42 bits per heavy atom. The second-order valence-corrected chi connectivity index (χ2v) is 7.56. The van der Waals surface area contributed by atoms with E-state index in [0.717, 1.165) is 12.0 Å². The Labute approximate surface area is 120 Å². The van der Waals surface area contributed by atoms with Gasteiger partial charge in [0.05, 0.1) is 0 Å². The molecule has 1 aliphatic heterocycles. The van der Waals surface area contributed by atoms with Crippen molar-refractivity contribution in [2.45, 2.75) is 90.3 Å². The summed E-state index contributed by atoms with van der Waals surface area (Å²) in [5.41, 5.74) is 0.455. The molecule has 2 rings (SSSR count). The molecular formula is C17H34N2. The van der Waals surface area contributed by atoms with Crippen LogP contribution in [-0.2, 0) is 0 Å². The van der Waals surface area contributed by atoms with Crippen molar-refractivity contribution in [1.82, 2.24) is 10.2 Å². The van der Waals surface area contributed by atoms with Crippen LogP contribution >= 0.6 is 0 Å². The van der Waals surface area contributed by atoms with E-state index >= 15 is 0 Å². The first-order valence-corrected chi connectivity index (χ1v) is 8.53. The van der Waals surface area contributed by atoms with Gasteiger partial charge >= 0.3 is 0 Å². The Morgan fingerprint density at radius 2 is 1.79 bits per heavy atom. The molecule has 1 saturated carbocycles. The van der Waals surface area contributed by atoms with Crippen LogP contribution < -0.4 is 5.32 Å². The van der Waals surface area contributed by atoms with Gasteiger partial charge in [-0.2, -0.15) is 0 Å². The minimum atomic E-state index is 0.455. The molecule has 1 N–H and O–H groups in total. The monoisotopic (exact) mass is 266 g/mol. The molecule has 0 aromatic heterocycles. The van der Waals surface area contributed by atoms with E-state index in [0.29, 0.717) is 11.6 Å². The summed E-state index contributed by atoms with van der Waals surface area (Å²) in [7, 11) is 0. The van der Waals surface area contributed by atoms with Crippen molar-refractivity contribution in [3.05, 3.63) is 0 Å². The molecule has 0 aromatic carbocycles. The van der Waals surface area contributed by atoms with Crippen LogP contribution in [0.3, 0.4) is 0 Å². The summed E-state index contributed by atoms with van der Waals surface area (Å²) in [6.07, 6.45) is 9.82. The molecule has 2 aliphatic rings. The molecule has 0 aromatic rings. The number of hydrogen-bond acceptors (Lipinski definition) is 2. The maximum absolute atomic E-state index is 3.89. The topological polar surface area (TPSA) is 15.3 Å². The van der Waals surface area contributed by atoms with Crippen molar-refractivity contribution < 1.29 is 0 Å². The minimum Gasteiger partial charge on any atom is -0.308 e. The van der Waals surface area contributed by atoms with Gasteiger partial charge in [-0.1, -0.05) is 33.1 Å². The Morgan fingerprint density at radius 1 is 1.11 bits per heavy atom. The van der Waals surface area contributed by atoms with E-state index < -0.39 is 0 Å². The maximum Gasteiger partial charge on any atom is 0.0309 e. The van der Waals surface area contributed by atoms with E-state index in [4.69, 9.17) is 0 Å². The molecule has 19 heavy (non-hydrogen) atoms. The van der Waals surface area contributed by atoms with Crippen LogP contribution in [0.4, 0.5) is 0 Å². The van der Waals surface area contributed by atoms with E-state index in [1.54, 1.807) is 0 Å². The van der Waals surface area contributed by atoms with Gasteiger partial charge in [-0.05, 0) is 45.4 Å². The molecule has 1 saturated heterocycles. The van der Waals surface area contributed by atoms with Crippen LogP contribution in [0.25, 0.3) is 0 Å². The van der Waals surface area contributed by atoms with Crippen molar-refractivity contribution in [3.8, 4) is 0 Å². The van der Waals surface area contributed by atoms with Crippen molar-refractivity contribution in [3.63, 3.8) is 0 Å². The van der Waals surface area contributed by atoms with Gasteiger partial charge in [0, 0.05) is 30.7 Å². The van der Waals surface area contributed by atoms with E-state index in [9.17, 15) is 0 Å². The van der Waals surface area contributed by atoms with Crippen molar-refractivity contribution in [1.29, 1.82) is 0 Å². The third kappa shape index (κ3) is 3.95. The van der Waals surface area contributed by atoms with Gasteiger partial charge in [0.15, 0.2) is 0 Å². The lowest BCUT2D eigenvalue weighted by Crippen LogP contribution is -2.65. The highest BCUT2D eigenvalue weighted by Crippen LogP contribution is 2.33. The van der Waals surface area contributed by atoms with Crippen LogP contribution in [0, 0.1) is 5.92 Å². The zero-order chi connectivity index (χ0) is 13.9. The van der Waals surface area contributed by atoms with Crippen molar-refractivity contribution >= 4 is 0 Å². The molecule has 2 fully saturated rings. The molecule has 1 spiro atoms. The molecule has 0 radical (unpaired) electrons. The second kappa shape index (κ2) is 6.58. The predicted octanol–water partition coefficient (Wildman–Crippen LogP) is 3.81. The number of nitrogens with one attached hydrogen (secondary N) is 1. The summed E-state index contributed by atoms with van der Waals surface area (Å²) in [5, 5.41) is 3.89. The number of rotatable bonds is 4. The lowest BCUT2D eigenvalue weighted by molar-refractivity contribution is 0.0321. The normalized spacial score (nSPS) is 29.8. The molecule has 1 aliphatic carbocycles. The molecular weight excluding hydrogens is 232 g/mol. The fourth-order valence-corrected chi connectivity index (χ4v) is 3.94. The lowest BCUT2D eigenvalue weighted by Gasteiger charge is -2.51. The Kier molecular flexibility index (Phi) is 5.30. The predicted molar refractivity (Wildman–Crippen MR) is 83.5 cm³/mol. The quantitative estimate of drug-likeness (QED) is 0.832. The maximum atomic E-state index is 3.89. The fourth-order valence-electron chi connectivity index (χ4n) is 3.94. The van der Waals surface area contributed by atoms with E-state index in [2.05, 4.69) is 37.9 Å². The molecule has 1 heterocycles. The van der Waals surface area contributed by atoms with E-state index in [1.807, 2.05) is 0 Å². The molecule has 2 nitrogen and oxygen atoms in total. The zero-order valence-electron chi connectivity index (χ0n) is 13.5. The van der Waals surface area contributed by atoms with Crippen LogP contribution in [0.15, 0.2) is 0 Å². The summed E-state index contributed by atoms with van der Waals surface area (Å²) in [6, 6.07) is 1.45. The average Bonchev–Trinajstić information content (AvgIpc) is 2.40. The summed E-state index contributed by atoms with van der Waals surface area (Å²) < 4.78 is 0. The molecule has 0 bridgehead atoms. The van der Waals surface area contributed by atoms with Gasteiger partial charge in [-0.25, -0.2) is 0 Å². The Hall–Kier alpha value is -0.0800. The first-order chi connectivity index (χ1) is 9.02. The molecule has 112 valence electrons. The summed E-state index contributed by atoms with van der Waals surface area (Å²) >= 11 is 0. The van der Waals surface area contributed by atoms with Gasteiger partial charge in [0.1, 0.15) is 0 Å². The number of hydrogen-bond donors (Lipinski definition) is 1. The van der Waals surface area contributed by atoms with Gasteiger partial charge < -0.3 is 5.32 Å². The molecule has 0 amide bonds. The largest absolute Gasteiger partial charge is 0.308 e. The highest BCUT2D eigenvalue weighted by atomic mass is 15.3. The lowest BCUT2D eigenvalue weighted by atomic mass is 9.79. The zero-order valence-corrected chi connectivity index (χ0v) is 13.5. The Balaban J connectivity index is 1.93. The van der Waals surface area contributed by atoms with E-state index in [-0.39, 0.29) is 0 Å². The van der Waals surface area contributed by atoms with E-state index in [1.165, 1.54) is 58.0 Å². The highest BCUT2D eigenvalue weighted by Gasteiger charge is 2.39. The number of piperazine rings is 1. The standard InChI is InChI=1S/C17H34N2/c1-14(2)8-9-15(3)19-13-17(18-12-16(19)4)10-6-5-7-11-17/h14-16,18H,5-13H2,1-4H3. The number of nitrogens with zero attached hydrogens (tertiary/aromatic N) is 1. The summed E-state index contributed by atoms with van der Waals surface area (Å²) in [5.74, 6) is 0.837. The Bertz CT molecular complexity index is 268. The highest BCUT2D eigenvalue weighted by molar-refractivity contribution is 4.99. The van der Waals surface area contributed by atoms with Crippen molar-refractivity contribution in [2.75, 3.05) is 13.1 Å². The van der Waals surface area contributed by atoms with Gasteiger partial charge in [0.2, 0.25) is 0 Å². The third-order valence-corrected chi connectivity index (χ3v) is 5.36. The summed E-state index contributed by atoms with van der Waals surface area (Å²) in [4.78, 5) is 2.80. The van der Waals surface area contributed by atoms with Crippen LogP contribution in [0.5, 0.6) is 0 Å². The minimum absolute atomic E-state index is 0.455. The first-order valence-electron chi connectivity index (χ1n) is 8.53. The fraction of sp³-hybridized carbons (Fsp3) is 1.00. The second-order valence-electron chi connectivity index (χ2n) is 7.56. The SMILES string of the molecule is CC(C)CCC(C)N1CC2(CCCCC2)NCC1C.